The van der Waals surface area contributed by atoms with Crippen LogP contribution in [-0.2, 0) is 16.6 Å². The lowest BCUT2D eigenvalue weighted by Gasteiger charge is -2.22. The van der Waals surface area contributed by atoms with E-state index in [1.165, 1.54) is 11.3 Å². The monoisotopic (exact) mass is 396 g/mol. The summed E-state index contributed by atoms with van der Waals surface area (Å²) in [6.45, 7) is 11.8. The number of thiophene rings is 1. The lowest BCUT2D eigenvalue weighted by Crippen LogP contribution is -2.34. The molecule has 0 aliphatic rings. The van der Waals surface area contributed by atoms with Crippen molar-refractivity contribution in [2.24, 2.45) is 5.92 Å². The molecule has 0 aromatic carbocycles. The molecular weight excluding hydrogens is 372 g/mol. The molecular formula is C14H25BrN2O2S2. The van der Waals surface area contributed by atoms with Gasteiger partial charge >= 0.3 is 0 Å². The number of halogens is 1. The molecule has 0 amide bonds. The van der Waals surface area contributed by atoms with Crippen molar-refractivity contribution in [1.82, 2.24) is 9.62 Å². The highest BCUT2D eigenvalue weighted by Crippen LogP contribution is 2.33. The van der Waals surface area contributed by atoms with E-state index < -0.39 is 10.0 Å². The van der Waals surface area contributed by atoms with Gasteiger partial charge in [-0.2, -0.15) is 4.31 Å². The summed E-state index contributed by atoms with van der Waals surface area (Å²) in [6.07, 6.45) is 0. The highest BCUT2D eigenvalue weighted by Gasteiger charge is 2.27. The van der Waals surface area contributed by atoms with E-state index in [2.05, 4.69) is 35.1 Å². The van der Waals surface area contributed by atoms with E-state index in [1.54, 1.807) is 10.4 Å². The molecule has 0 bridgehead atoms. The molecule has 21 heavy (non-hydrogen) atoms. The van der Waals surface area contributed by atoms with Crippen molar-refractivity contribution in [3.63, 3.8) is 0 Å². The van der Waals surface area contributed by atoms with E-state index in [9.17, 15) is 8.42 Å². The first-order valence-corrected chi connectivity index (χ1v) is 10.2. The Kier molecular flexibility index (Phi) is 7.33. The van der Waals surface area contributed by atoms with Gasteiger partial charge in [-0.1, -0.05) is 34.6 Å². The van der Waals surface area contributed by atoms with E-state index in [0.717, 1.165) is 4.88 Å². The van der Waals surface area contributed by atoms with E-state index in [1.807, 2.05) is 20.8 Å². The predicted molar refractivity (Wildman–Crippen MR) is 93.3 cm³/mol. The summed E-state index contributed by atoms with van der Waals surface area (Å²) in [5.74, 6) is 0.305. The van der Waals surface area contributed by atoms with Gasteiger partial charge in [0.15, 0.2) is 0 Å². The van der Waals surface area contributed by atoms with Crippen molar-refractivity contribution in [2.45, 2.75) is 52.1 Å². The van der Waals surface area contributed by atoms with Gasteiger partial charge in [0.05, 0.1) is 3.79 Å². The number of rotatable bonds is 8. The largest absolute Gasteiger partial charge is 0.310 e. The average Bonchev–Trinajstić information content (AvgIpc) is 2.75. The summed E-state index contributed by atoms with van der Waals surface area (Å²) < 4.78 is 27.7. The number of nitrogens with zero attached hydrogens (tertiary/aromatic N) is 1. The smallest absolute Gasteiger partial charge is 0.245 e. The van der Waals surface area contributed by atoms with Crippen LogP contribution in [0.5, 0.6) is 0 Å². The Balaban J connectivity index is 3.02. The second-order valence-electron chi connectivity index (χ2n) is 5.74. The molecule has 0 unspecified atom stereocenters. The number of sulfonamides is 1. The lowest BCUT2D eigenvalue weighted by molar-refractivity contribution is 0.381. The van der Waals surface area contributed by atoms with Crippen molar-refractivity contribution in [3.05, 3.63) is 14.7 Å². The Morgan fingerprint density at radius 3 is 2.43 bits per heavy atom. The Bertz CT molecular complexity index is 553. The summed E-state index contributed by atoms with van der Waals surface area (Å²) in [5, 5.41) is 3.31. The summed E-state index contributed by atoms with van der Waals surface area (Å²) in [5.41, 5.74) is 0. The zero-order valence-corrected chi connectivity index (χ0v) is 16.5. The normalized spacial score (nSPS) is 12.8. The molecule has 0 spiro atoms. The van der Waals surface area contributed by atoms with E-state index in [0.29, 0.717) is 40.3 Å². The zero-order chi connectivity index (χ0) is 16.2. The van der Waals surface area contributed by atoms with Crippen LogP contribution in [0.2, 0.25) is 0 Å². The molecule has 0 aliphatic heterocycles. The van der Waals surface area contributed by atoms with E-state index in [-0.39, 0.29) is 0 Å². The average molecular weight is 397 g/mol. The van der Waals surface area contributed by atoms with Crippen molar-refractivity contribution < 1.29 is 8.42 Å². The van der Waals surface area contributed by atoms with Crippen molar-refractivity contribution in [2.75, 3.05) is 13.1 Å². The van der Waals surface area contributed by atoms with Crippen molar-refractivity contribution >= 4 is 37.3 Å². The van der Waals surface area contributed by atoms with Crippen LogP contribution >= 0.6 is 27.3 Å². The number of hydrogen-bond donors (Lipinski definition) is 1. The van der Waals surface area contributed by atoms with E-state index in [4.69, 9.17) is 0 Å². The third kappa shape index (κ3) is 5.32. The molecule has 1 heterocycles. The van der Waals surface area contributed by atoms with Gasteiger partial charge < -0.3 is 5.32 Å². The second kappa shape index (κ2) is 8.06. The predicted octanol–water partition coefficient (Wildman–Crippen LogP) is 3.68. The van der Waals surface area contributed by atoms with Gasteiger partial charge in [0.2, 0.25) is 10.0 Å². The van der Waals surface area contributed by atoms with Gasteiger partial charge in [-0.05, 0) is 27.9 Å². The van der Waals surface area contributed by atoms with Gasteiger partial charge in [0.1, 0.15) is 4.90 Å². The van der Waals surface area contributed by atoms with Gasteiger partial charge in [-0.15, -0.1) is 11.3 Å². The molecule has 1 rings (SSSR count). The fourth-order valence-corrected chi connectivity index (χ4v) is 6.10. The van der Waals surface area contributed by atoms with Crippen LogP contribution < -0.4 is 5.32 Å². The topological polar surface area (TPSA) is 49.4 Å². The standard InChI is InChI=1S/C14H25BrN2O2S2/c1-6-17(9-10(2)3)21(18,19)13-7-12(20-14(13)15)8-16-11(4)5/h7,10-11,16H,6,8-9H2,1-5H3. The molecule has 122 valence electrons. The fourth-order valence-electron chi connectivity index (χ4n) is 1.91. The first-order chi connectivity index (χ1) is 9.68. The molecule has 0 saturated heterocycles. The first-order valence-electron chi connectivity index (χ1n) is 7.20. The van der Waals surface area contributed by atoms with Crippen LogP contribution in [0.15, 0.2) is 14.7 Å². The molecule has 0 aliphatic carbocycles. The minimum absolute atomic E-state index is 0.305. The summed E-state index contributed by atoms with van der Waals surface area (Å²) in [6, 6.07) is 2.15. The molecule has 0 radical (unpaired) electrons. The third-order valence-corrected chi connectivity index (χ3v) is 7.12. The number of nitrogens with one attached hydrogen (secondary N) is 1. The Morgan fingerprint density at radius 2 is 1.95 bits per heavy atom. The quantitative estimate of drug-likeness (QED) is 0.728. The minimum atomic E-state index is -3.43. The molecule has 0 atom stereocenters. The van der Waals surface area contributed by atoms with Crippen LogP contribution in [0.1, 0.15) is 39.5 Å². The van der Waals surface area contributed by atoms with Gasteiger partial charge in [0, 0.05) is 30.6 Å². The number of hydrogen-bond acceptors (Lipinski definition) is 4. The van der Waals surface area contributed by atoms with Gasteiger partial charge in [0.25, 0.3) is 0 Å². The van der Waals surface area contributed by atoms with Gasteiger partial charge in [-0.25, -0.2) is 8.42 Å². The van der Waals surface area contributed by atoms with Gasteiger partial charge in [-0.3, -0.25) is 0 Å². The van der Waals surface area contributed by atoms with Crippen LogP contribution in [0.25, 0.3) is 0 Å². The maximum absolute atomic E-state index is 12.8. The maximum Gasteiger partial charge on any atom is 0.245 e. The first kappa shape index (κ1) is 19.1. The van der Waals surface area contributed by atoms with E-state index >= 15 is 0 Å². The van der Waals surface area contributed by atoms with Crippen LogP contribution in [0.3, 0.4) is 0 Å². The molecule has 1 N–H and O–H groups in total. The summed E-state index contributed by atoms with van der Waals surface area (Å²) >= 11 is 4.89. The molecule has 4 nitrogen and oxygen atoms in total. The maximum atomic E-state index is 12.8. The fraction of sp³-hybridized carbons (Fsp3) is 0.714. The Morgan fingerprint density at radius 1 is 1.33 bits per heavy atom. The third-order valence-electron chi connectivity index (χ3n) is 2.93. The van der Waals surface area contributed by atoms with Crippen molar-refractivity contribution in [3.8, 4) is 0 Å². The van der Waals surface area contributed by atoms with Crippen LogP contribution in [0, 0.1) is 5.92 Å². The van der Waals surface area contributed by atoms with Crippen molar-refractivity contribution in [1.29, 1.82) is 0 Å². The SMILES string of the molecule is CCN(CC(C)C)S(=O)(=O)c1cc(CNC(C)C)sc1Br. The molecule has 0 saturated carbocycles. The highest BCUT2D eigenvalue weighted by molar-refractivity contribution is 9.11. The molecule has 1 aromatic rings. The minimum Gasteiger partial charge on any atom is -0.310 e. The summed E-state index contributed by atoms with van der Waals surface area (Å²) in [4.78, 5) is 1.41. The molecule has 7 heteroatoms. The zero-order valence-electron chi connectivity index (χ0n) is 13.3. The van der Waals surface area contributed by atoms with Crippen LogP contribution in [-0.4, -0.2) is 31.9 Å². The molecule has 1 aromatic heterocycles. The van der Waals surface area contributed by atoms with Crippen LogP contribution in [0.4, 0.5) is 0 Å². The summed E-state index contributed by atoms with van der Waals surface area (Å²) in [7, 11) is -3.43. The lowest BCUT2D eigenvalue weighted by atomic mass is 10.2. The Hall–Kier alpha value is 0.0500. The second-order valence-corrected chi connectivity index (χ2v) is 10.1. The Labute approximate surface area is 141 Å². The highest BCUT2D eigenvalue weighted by atomic mass is 79.9. The molecule has 0 fully saturated rings.